The van der Waals surface area contributed by atoms with Crippen molar-refractivity contribution in [3.05, 3.63) is 47.5 Å². The van der Waals surface area contributed by atoms with Crippen molar-refractivity contribution in [2.45, 2.75) is 32.1 Å². The van der Waals surface area contributed by atoms with Crippen LogP contribution in [-0.2, 0) is 0 Å². The third-order valence-electron chi connectivity index (χ3n) is 3.14. The molecule has 0 unspecified atom stereocenters. The van der Waals surface area contributed by atoms with Gasteiger partial charge >= 0.3 is 0 Å². The lowest BCUT2D eigenvalue weighted by molar-refractivity contribution is 0.103. The summed E-state index contributed by atoms with van der Waals surface area (Å²) in [7, 11) is 0. The molecular weight excluding hydrogens is 184 g/mol. The summed E-state index contributed by atoms with van der Waals surface area (Å²) >= 11 is 0. The molecule has 1 saturated carbocycles. The van der Waals surface area contributed by atoms with E-state index in [1.165, 1.54) is 24.8 Å². The SMILES string of the molecule is C=C(C)C(=O)c1ccc(C2CCC2)cc1. The molecule has 0 aromatic heterocycles. The Bertz CT molecular complexity index is 382. The minimum atomic E-state index is 0.0511. The van der Waals surface area contributed by atoms with E-state index >= 15 is 0 Å². The summed E-state index contributed by atoms with van der Waals surface area (Å²) in [5.74, 6) is 0.786. The second kappa shape index (κ2) is 4.01. The first kappa shape index (κ1) is 10.2. The van der Waals surface area contributed by atoms with Crippen LogP contribution in [0.4, 0.5) is 0 Å². The summed E-state index contributed by atoms with van der Waals surface area (Å²) in [4.78, 5) is 11.6. The van der Waals surface area contributed by atoms with Gasteiger partial charge in [0.1, 0.15) is 0 Å². The maximum Gasteiger partial charge on any atom is 0.188 e. The average Bonchev–Trinajstić information content (AvgIpc) is 2.15. The summed E-state index contributed by atoms with van der Waals surface area (Å²) in [6, 6.07) is 8.01. The van der Waals surface area contributed by atoms with Gasteiger partial charge in [-0.25, -0.2) is 0 Å². The third kappa shape index (κ3) is 2.01. The topological polar surface area (TPSA) is 17.1 Å². The second-order valence-corrected chi connectivity index (χ2v) is 4.36. The predicted molar refractivity (Wildman–Crippen MR) is 62.2 cm³/mol. The molecule has 1 nitrogen and oxygen atoms in total. The van der Waals surface area contributed by atoms with Crippen molar-refractivity contribution in [2.24, 2.45) is 0 Å². The Morgan fingerprint density at radius 3 is 2.27 bits per heavy atom. The third-order valence-corrected chi connectivity index (χ3v) is 3.14. The van der Waals surface area contributed by atoms with E-state index in [1.807, 2.05) is 12.1 Å². The average molecular weight is 200 g/mol. The van der Waals surface area contributed by atoms with Crippen LogP contribution in [0, 0.1) is 0 Å². The maximum absolute atomic E-state index is 11.6. The van der Waals surface area contributed by atoms with Crippen molar-refractivity contribution in [1.29, 1.82) is 0 Å². The number of benzene rings is 1. The zero-order chi connectivity index (χ0) is 10.8. The van der Waals surface area contributed by atoms with E-state index in [0.29, 0.717) is 5.57 Å². The van der Waals surface area contributed by atoms with Crippen LogP contribution in [-0.4, -0.2) is 5.78 Å². The predicted octanol–water partition coefficient (Wildman–Crippen LogP) is 3.71. The molecule has 1 aromatic rings. The molecule has 1 heteroatoms. The molecule has 1 aliphatic carbocycles. The van der Waals surface area contributed by atoms with Crippen LogP contribution in [0.3, 0.4) is 0 Å². The van der Waals surface area contributed by atoms with Gasteiger partial charge in [0, 0.05) is 5.56 Å². The summed E-state index contributed by atoms with van der Waals surface area (Å²) in [5.41, 5.74) is 2.73. The molecule has 0 spiro atoms. The van der Waals surface area contributed by atoms with E-state index in [0.717, 1.165) is 11.5 Å². The van der Waals surface area contributed by atoms with E-state index < -0.39 is 0 Å². The second-order valence-electron chi connectivity index (χ2n) is 4.36. The molecule has 0 N–H and O–H groups in total. The molecule has 0 bridgehead atoms. The van der Waals surface area contributed by atoms with Crippen LogP contribution in [0.1, 0.15) is 48.0 Å². The molecule has 0 saturated heterocycles. The van der Waals surface area contributed by atoms with Gasteiger partial charge in [-0.1, -0.05) is 37.3 Å². The Hall–Kier alpha value is -1.37. The zero-order valence-corrected chi connectivity index (χ0v) is 9.12. The quantitative estimate of drug-likeness (QED) is 0.537. The number of carbonyl (C=O) groups excluding carboxylic acids is 1. The first-order valence-corrected chi connectivity index (χ1v) is 5.48. The number of carbonyl (C=O) groups is 1. The monoisotopic (exact) mass is 200 g/mol. The number of rotatable bonds is 3. The van der Waals surface area contributed by atoms with Crippen LogP contribution in [0.5, 0.6) is 0 Å². The largest absolute Gasteiger partial charge is 0.289 e. The Labute approximate surface area is 90.8 Å². The van der Waals surface area contributed by atoms with Crippen molar-refractivity contribution in [3.8, 4) is 0 Å². The van der Waals surface area contributed by atoms with Gasteiger partial charge < -0.3 is 0 Å². The van der Waals surface area contributed by atoms with Crippen LogP contribution >= 0.6 is 0 Å². The highest BCUT2D eigenvalue weighted by molar-refractivity contribution is 6.07. The lowest BCUT2D eigenvalue weighted by Gasteiger charge is -2.25. The molecule has 15 heavy (non-hydrogen) atoms. The lowest BCUT2D eigenvalue weighted by Crippen LogP contribution is -2.09. The summed E-state index contributed by atoms with van der Waals surface area (Å²) < 4.78 is 0. The first-order valence-electron chi connectivity index (χ1n) is 5.48. The number of Topliss-reactive ketones (excluding diaryl/α,β-unsaturated/α-hetero) is 1. The van der Waals surface area contributed by atoms with E-state index in [2.05, 4.69) is 18.7 Å². The zero-order valence-electron chi connectivity index (χ0n) is 9.12. The van der Waals surface area contributed by atoms with Gasteiger partial charge in [0.05, 0.1) is 0 Å². The molecule has 78 valence electrons. The van der Waals surface area contributed by atoms with Crippen molar-refractivity contribution in [1.82, 2.24) is 0 Å². The van der Waals surface area contributed by atoms with Crippen molar-refractivity contribution in [2.75, 3.05) is 0 Å². The van der Waals surface area contributed by atoms with Crippen molar-refractivity contribution in [3.63, 3.8) is 0 Å². The fraction of sp³-hybridized carbons (Fsp3) is 0.357. The molecular formula is C14H16O. The van der Waals surface area contributed by atoms with Crippen molar-refractivity contribution >= 4 is 5.78 Å². The van der Waals surface area contributed by atoms with Crippen molar-refractivity contribution < 1.29 is 4.79 Å². The molecule has 0 radical (unpaired) electrons. The number of hydrogen-bond acceptors (Lipinski definition) is 1. The fourth-order valence-corrected chi connectivity index (χ4v) is 1.89. The highest BCUT2D eigenvalue weighted by Crippen LogP contribution is 2.36. The molecule has 2 rings (SSSR count). The smallest absolute Gasteiger partial charge is 0.188 e. The molecule has 0 aliphatic heterocycles. The highest BCUT2D eigenvalue weighted by Gasteiger charge is 2.19. The Morgan fingerprint density at radius 2 is 1.87 bits per heavy atom. The van der Waals surface area contributed by atoms with Crippen LogP contribution in [0.15, 0.2) is 36.4 Å². The lowest BCUT2D eigenvalue weighted by atomic mass is 9.80. The Balaban J connectivity index is 2.16. The minimum Gasteiger partial charge on any atom is -0.289 e. The van der Waals surface area contributed by atoms with Gasteiger partial charge in [0.25, 0.3) is 0 Å². The summed E-state index contributed by atoms with van der Waals surface area (Å²) in [6.07, 6.45) is 3.94. The molecule has 1 aromatic carbocycles. The van der Waals surface area contributed by atoms with E-state index in [4.69, 9.17) is 0 Å². The molecule has 0 heterocycles. The minimum absolute atomic E-state index is 0.0511. The molecule has 0 atom stereocenters. The fourth-order valence-electron chi connectivity index (χ4n) is 1.89. The van der Waals surface area contributed by atoms with E-state index in [1.54, 1.807) is 6.92 Å². The molecule has 1 fully saturated rings. The van der Waals surface area contributed by atoms with Crippen LogP contribution in [0.25, 0.3) is 0 Å². The van der Waals surface area contributed by atoms with Gasteiger partial charge in [0.2, 0.25) is 0 Å². The van der Waals surface area contributed by atoms with E-state index in [9.17, 15) is 4.79 Å². The van der Waals surface area contributed by atoms with Gasteiger partial charge in [-0.05, 0) is 36.8 Å². The standard InChI is InChI=1S/C14H16O/c1-10(2)14(15)13-8-6-12(7-9-13)11-4-3-5-11/h6-9,11H,1,3-5H2,2H3. The van der Waals surface area contributed by atoms with Gasteiger partial charge in [-0.3, -0.25) is 4.79 Å². The molecule has 1 aliphatic rings. The highest BCUT2D eigenvalue weighted by atomic mass is 16.1. The van der Waals surface area contributed by atoms with Gasteiger partial charge in [0.15, 0.2) is 5.78 Å². The summed E-state index contributed by atoms with van der Waals surface area (Å²) in [5, 5.41) is 0. The summed E-state index contributed by atoms with van der Waals surface area (Å²) in [6.45, 7) is 5.42. The molecule has 0 amide bonds. The normalized spacial score (nSPS) is 15.8. The number of allylic oxidation sites excluding steroid dienone is 1. The number of hydrogen-bond donors (Lipinski definition) is 0. The maximum atomic E-state index is 11.6. The van der Waals surface area contributed by atoms with E-state index in [-0.39, 0.29) is 5.78 Å². The van der Waals surface area contributed by atoms with Gasteiger partial charge in [-0.2, -0.15) is 0 Å². The van der Waals surface area contributed by atoms with Crippen LogP contribution < -0.4 is 0 Å². The number of ketones is 1. The Morgan fingerprint density at radius 1 is 1.27 bits per heavy atom. The first-order chi connectivity index (χ1) is 7.18. The van der Waals surface area contributed by atoms with Crippen LogP contribution in [0.2, 0.25) is 0 Å². The Kier molecular flexibility index (Phi) is 2.72. The van der Waals surface area contributed by atoms with Gasteiger partial charge in [-0.15, -0.1) is 0 Å².